The molecule has 0 aliphatic heterocycles. The zero-order valence-corrected chi connectivity index (χ0v) is 15.0. The van der Waals surface area contributed by atoms with Crippen LogP contribution in [0, 0.1) is 0 Å². The average molecular weight is 376 g/mol. The number of aromatic amines is 1. The van der Waals surface area contributed by atoms with Crippen LogP contribution in [0.3, 0.4) is 0 Å². The number of aromatic nitrogens is 4. The Morgan fingerprint density at radius 3 is 2.80 bits per heavy atom. The summed E-state index contributed by atoms with van der Waals surface area (Å²) < 4.78 is 6.14. The molecule has 25 heavy (non-hydrogen) atoms. The lowest BCUT2D eigenvalue weighted by atomic mass is 10.3. The van der Waals surface area contributed by atoms with Gasteiger partial charge in [0.25, 0.3) is 5.56 Å². The molecule has 0 fully saturated rings. The number of nitrogens with one attached hydrogen (secondary N) is 2. The first-order valence-corrected chi connectivity index (χ1v) is 9.24. The molecular weight excluding hydrogens is 360 g/mol. The lowest BCUT2D eigenvalue weighted by molar-refractivity contribution is 0.340. The van der Waals surface area contributed by atoms with Gasteiger partial charge in [-0.25, -0.2) is 4.98 Å². The van der Waals surface area contributed by atoms with Gasteiger partial charge in [0.1, 0.15) is 5.75 Å². The number of anilines is 3. The minimum atomic E-state index is -0.226. The number of hydrogen-bond acceptors (Lipinski definition) is 9. The highest BCUT2D eigenvalue weighted by Gasteiger charge is 2.06. The highest BCUT2D eigenvalue weighted by Crippen LogP contribution is 2.26. The van der Waals surface area contributed by atoms with Crippen LogP contribution >= 0.6 is 23.1 Å². The van der Waals surface area contributed by atoms with E-state index >= 15 is 0 Å². The molecule has 8 nitrogen and oxygen atoms in total. The van der Waals surface area contributed by atoms with Crippen LogP contribution in [0.1, 0.15) is 12.6 Å². The van der Waals surface area contributed by atoms with E-state index in [0.717, 1.165) is 15.8 Å². The lowest BCUT2D eigenvalue weighted by Gasteiger charge is -2.08. The van der Waals surface area contributed by atoms with Gasteiger partial charge < -0.3 is 15.8 Å². The van der Waals surface area contributed by atoms with Crippen molar-refractivity contribution in [3.63, 3.8) is 0 Å². The van der Waals surface area contributed by atoms with E-state index in [1.165, 1.54) is 29.2 Å². The average Bonchev–Trinajstić information content (AvgIpc) is 3.00. The van der Waals surface area contributed by atoms with E-state index in [-0.39, 0.29) is 5.56 Å². The van der Waals surface area contributed by atoms with E-state index in [4.69, 9.17) is 10.5 Å². The molecule has 0 aliphatic rings. The molecule has 10 heteroatoms. The van der Waals surface area contributed by atoms with E-state index in [1.54, 1.807) is 0 Å². The summed E-state index contributed by atoms with van der Waals surface area (Å²) in [4.78, 5) is 18.9. The van der Waals surface area contributed by atoms with Crippen molar-refractivity contribution in [3.8, 4) is 5.75 Å². The number of nitrogen functional groups attached to an aromatic ring is 1. The maximum atomic E-state index is 11.8. The Hall–Kier alpha value is -2.59. The predicted octanol–water partition coefficient (Wildman–Crippen LogP) is 2.64. The minimum Gasteiger partial charge on any atom is -0.494 e. The van der Waals surface area contributed by atoms with Crippen LogP contribution in [-0.4, -0.2) is 26.8 Å². The Morgan fingerprint density at radius 2 is 2.12 bits per heavy atom. The van der Waals surface area contributed by atoms with Crippen molar-refractivity contribution in [2.24, 2.45) is 0 Å². The summed E-state index contributed by atoms with van der Waals surface area (Å²) in [5, 5.41) is 11.2. The summed E-state index contributed by atoms with van der Waals surface area (Å²) in [5.41, 5.74) is 6.76. The molecule has 2 heterocycles. The molecule has 0 bridgehead atoms. The third-order valence-electron chi connectivity index (χ3n) is 2.99. The third kappa shape index (κ3) is 4.94. The Bertz CT molecular complexity index is 894. The quantitative estimate of drug-likeness (QED) is 0.539. The van der Waals surface area contributed by atoms with Crippen LogP contribution in [0.15, 0.2) is 39.5 Å². The third-order valence-corrected chi connectivity index (χ3v) is 4.91. The first kappa shape index (κ1) is 17.2. The van der Waals surface area contributed by atoms with Gasteiger partial charge >= 0.3 is 0 Å². The summed E-state index contributed by atoms with van der Waals surface area (Å²) >= 11 is 2.73. The molecule has 0 aliphatic carbocycles. The second-order valence-electron chi connectivity index (χ2n) is 4.86. The fourth-order valence-corrected chi connectivity index (χ4v) is 3.52. The standard InChI is InChI=1S/C15H16N6O2S2/c1-2-23-11-5-3-9(4-6-11)17-14-18-10(7-12(22)19-14)8-24-15-21-20-13(16)25-15/h3-7H,2,8H2,1H3,(H2,16,20)(H2,17,18,19,22). The number of rotatable bonds is 7. The molecule has 1 aromatic carbocycles. The molecule has 3 aromatic rings. The fourth-order valence-electron chi connectivity index (χ4n) is 1.99. The van der Waals surface area contributed by atoms with Crippen molar-refractivity contribution in [3.05, 3.63) is 46.4 Å². The molecule has 0 amide bonds. The van der Waals surface area contributed by atoms with Gasteiger partial charge in [0.2, 0.25) is 11.1 Å². The zero-order chi connectivity index (χ0) is 17.6. The van der Waals surface area contributed by atoms with Gasteiger partial charge in [-0.1, -0.05) is 23.1 Å². The molecule has 3 rings (SSSR count). The zero-order valence-electron chi connectivity index (χ0n) is 13.4. The van der Waals surface area contributed by atoms with Crippen molar-refractivity contribution < 1.29 is 4.74 Å². The Labute approximate surface area is 151 Å². The monoisotopic (exact) mass is 376 g/mol. The molecule has 0 unspecified atom stereocenters. The Balaban J connectivity index is 1.69. The summed E-state index contributed by atoms with van der Waals surface area (Å²) in [6.07, 6.45) is 0. The first-order valence-electron chi connectivity index (χ1n) is 7.44. The van der Waals surface area contributed by atoms with Gasteiger partial charge in [-0.15, -0.1) is 10.2 Å². The predicted molar refractivity (Wildman–Crippen MR) is 99.6 cm³/mol. The number of ether oxygens (including phenoxy) is 1. The SMILES string of the molecule is CCOc1ccc(Nc2nc(CSc3nnc(N)s3)cc(=O)[nH]2)cc1. The van der Waals surface area contributed by atoms with Gasteiger partial charge in [-0.2, -0.15) is 0 Å². The van der Waals surface area contributed by atoms with Crippen molar-refractivity contribution in [2.45, 2.75) is 17.0 Å². The van der Waals surface area contributed by atoms with E-state index in [0.29, 0.717) is 29.1 Å². The van der Waals surface area contributed by atoms with Gasteiger partial charge in [-0.3, -0.25) is 9.78 Å². The maximum Gasteiger partial charge on any atom is 0.252 e. The van der Waals surface area contributed by atoms with Crippen LogP contribution < -0.4 is 21.3 Å². The molecule has 0 atom stereocenters. The van der Waals surface area contributed by atoms with Gasteiger partial charge in [-0.05, 0) is 31.2 Å². The van der Waals surface area contributed by atoms with E-state index in [9.17, 15) is 4.79 Å². The van der Waals surface area contributed by atoms with E-state index in [1.807, 2.05) is 31.2 Å². The number of thioether (sulfide) groups is 1. The molecule has 4 N–H and O–H groups in total. The van der Waals surface area contributed by atoms with Crippen molar-refractivity contribution in [1.82, 2.24) is 20.2 Å². The smallest absolute Gasteiger partial charge is 0.252 e. The van der Waals surface area contributed by atoms with Crippen LogP contribution in [0.25, 0.3) is 0 Å². The molecule has 0 saturated heterocycles. The molecule has 0 radical (unpaired) electrons. The van der Waals surface area contributed by atoms with Gasteiger partial charge in [0.15, 0.2) is 4.34 Å². The number of benzene rings is 1. The second-order valence-corrected chi connectivity index (χ2v) is 7.09. The normalized spacial score (nSPS) is 10.6. The second kappa shape index (κ2) is 7.99. The maximum absolute atomic E-state index is 11.8. The molecule has 130 valence electrons. The summed E-state index contributed by atoms with van der Waals surface area (Å²) in [5.74, 6) is 1.66. The number of H-pyrrole nitrogens is 1. The summed E-state index contributed by atoms with van der Waals surface area (Å²) in [6, 6.07) is 8.88. The van der Waals surface area contributed by atoms with Crippen LogP contribution in [0.4, 0.5) is 16.8 Å². The largest absolute Gasteiger partial charge is 0.494 e. The molecule has 0 saturated carbocycles. The van der Waals surface area contributed by atoms with Crippen molar-refractivity contribution in [1.29, 1.82) is 0 Å². The van der Waals surface area contributed by atoms with Gasteiger partial charge in [0.05, 0.1) is 12.3 Å². The highest BCUT2D eigenvalue weighted by atomic mass is 32.2. The Kier molecular flexibility index (Phi) is 5.51. The molecule has 0 spiro atoms. The summed E-state index contributed by atoms with van der Waals surface area (Å²) in [7, 11) is 0. The highest BCUT2D eigenvalue weighted by molar-refractivity contribution is 8.00. The first-order chi connectivity index (χ1) is 12.1. The Morgan fingerprint density at radius 1 is 1.32 bits per heavy atom. The number of nitrogens with zero attached hydrogens (tertiary/aromatic N) is 3. The lowest BCUT2D eigenvalue weighted by Crippen LogP contribution is -2.11. The van der Waals surface area contributed by atoms with Crippen LogP contribution in [-0.2, 0) is 5.75 Å². The van der Waals surface area contributed by atoms with Crippen LogP contribution in [0.5, 0.6) is 5.75 Å². The van der Waals surface area contributed by atoms with Crippen LogP contribution in [0.2, 0.25) is 0 Å². The fraction of sp³-hybridized carbons (Fsp3) is 0.200. The van der Waals surface area contributed by atoms with E-state index in [2.05, 4.69) is 25.5 Å². The molecular formula is C15H16N6O2S2. The van der Waals surface area contributed by atoms with Crippen molar-refractivity contribution >= 4 is 39.9 Å². The minimum absolute atomic E-state index is 0.226. The number of nitrogens with two attached hydrogens (primary N) is 1. The van der Waals surface area contributed by atoms with Gasteiger partial charge in [0, 0.05) is 17.5 Å². The summed E-state index contributed by atoms with van der Waals surface area (Å²) in [6.45, 7) is 2.54. The van der Waals surface area contributed by atoms with Crippen molar-refractivity contribution in [2.75, 3.05) is 17.7 Å². The van der Waals surface area contributed by atoms with E-state index < -0.39 is 0 Å². The number of hydrogen-bond donors (Lipinski definition) is 3. The molecule has 2 aromatic heterocycles. The topological polar surface area (TPSA) is 119 Å².